The summed E-state index contributed by atoms with van der Waals surface area (Å²) in [7, 11) is -3.80. The number of sulfonamides is 1. The molecule has 0 aliphatic carbocycles. The Kier molecular flexibility index (Phi) is 6.74. The fraction of sp³-hybridized carbons (Fsp3) is 0.174. The highest BCUT2D eigenvalue weighted by Crippen LogP contribution is 2.20. The van der Waals surface area contributed by atoms with Gasteiger partial charge >= 0.3 is 0 Å². The lowest BCUT2D eigenvalue weighted by Crippen LogP contribution is -2.25. The number of para-hydroxylation sites is 1. The fourth-order valence-corrected chi connectivity index (χ4v) is 3.95. The van der Waals surface area contributed by atoms with Crippen LogP contribution in [0.3, 0.4) is 0 Å². The maximum atomic E-state index is 12.7. The molecule has 0 saturated carbocycles. The third kappa shape index (κ3) is 5.61. The first-order valence-electron chi connectivity index (χ1n) is 9.56. The molecule has 0 saturated heterocycles. The number of nitrogens with one attached hydrogen (secondary N) is 2. The van der Waals surface area contributed by atoms with Gasteiger partial charge in [-0.2, -0.15) is 0 Å². The highest BCUT2D eigenvalue weighted by atomic mass is 32.2. The minimum atomic E-state index is -3.80. The Bertz CT molecular complexity index is 1110. The van der Waals surface area contributed by atoms with Crippen molar-refractivity contribution in [3.8, 4) is 5.75 Å². The number of rotatable bonds is 8. The predicted molar refractivity (Wildman–Crippen MR) is 117 cm³/mol. The van der Waals surface area contributed by atoms with Crippen LogP contribution in [0.1, 0.15) is 29.8 Å². The molecule has 0 unspecified atom stereocenters. The summed E-state index contributed by atoms with van der Waals surface area (Å²) in [4.78, 5) is 12.9. The molecular formula is C23H24N2O4S. The lowest BCUT2D eigenvalue weighted by molar-refractivity contribution is 0.0951. The van der Waals surface area contributed by atoms with Crippen LogP contribution in [-0.2, 0) is 16.6 Å². The van der Waals surface area contributed by atoms with Gasteiger partial charge in [-0.25, -0.2) is 8.42 Å². The summed E-state index contributed by atoms with van der Waals surface area (Å²) in [6.07, 6.45) is 0.0550. The zero-order valence-corrected chi connectivity index (χ0v) is 17.6. The van der Waals surface area contributed by atoms with Crippen molar-refractivity contribution in [1.82, 2.24) is 5.32 Å². The van der Waals surface area contributed by atoms with E-state index in [0.29, 0.717) is 0 Å². The van der Waals surface area contributed by atoms with E-state index in [-0.39, 0.29) is 34.7 Å². The van der Waals surface area contributed by atoms with E-state index in [1.165, 1.54) is 12.1 Å². The average molecular weight is 425 g/mol. The smallest absolute Gasteiger partial charge is 0.261 e. The number of carbonyl (C=O) groups is 1. The minimum Gasteiger partial charge on any atom is -0.491 e. The standard InChI is InChI=1S/C23H24N2O4S/c1-17(2)29-19-10-8-9-18(15-19)16-24-23(26)21-13-6-7-14-22(21)25-30(27,28)20-11-4-3-5-12-20/h3-15,17,25H,16H2,1-2H3,(H,24,26). The highest BCUT2D eigenvalue weighted by molar-refractivity contribution is 7.92. The van der Waals surface area contributed by atoms with Crippen LogP contribution in [0, 0.1) is 0 Å². The third-order valence-electron chi connectivity index (χ3n) is 4.19. The van der Waals surface area contributed by atoms with E-state index < -0.39 is 10.0 Å². The maximum Gasteiger partial charge on any atom is 0.261 e. The van der Waals surface area contributed by atoms with E-state index in [1.54, 1.807) is 42.5 Å². The number of amides is 1. The van der Waals surface area contributed by atoms with Crippen LogP contribution in [0.15, 0.2) is 83.8 Å². The van der Waals surface area contributed by atoms with Crippen molar-refractivity contribution in [3.63, 3.8) is 0 Å². The summed E-state index contributed by atoms with van der Waals surface area (Å²) >= 11 is 0. The summed E-state index contributed by atoms with van der Waals surface area (Å²) < 4.78 is 33.4. The summed E-state index contributed by atoms with van der Waals surface area (Å²) in [5.41, 5.74) is 1.34. The van der Waals surface area contributed by atoms with Crippen LogP contribution in [-0.4, -0.2) is 20.4 Å². The van der Waals surface area contributed by atoms with Gasteiger partial charge in [0, 0.05) is 6.54 Å². The van der Waals surface area contributed by atoms with Gasteiger partial charge < -0.3 is 10.1 Å². The van der Waals surface area contributed by atoms with E-state index in [0.717, 1.165) is 11.3 Å². The Labute approximate surface area is 177 Å². The quantitative estimate of drug-likeness (QED) is 0.567. The first-order chi connectivity index (χ1) is 14.3. The van der Waals surface area contributed by atoms with Crippen molar-refractivity contribution < 1.29 is 17.9 Å². The average Bonchev–Trinajstić information content (AvgIpc) is 2.72. The van der Waals surface area contributed by atoms with Gasteiger partial charge in [-0.3, -0.25) is 9.52 Å². The van der Waals surface area contributed by atoms with E-state index >= 15 is 0 Å². The van der Waals surface area contributed by atoms with Crippen LogP contribution in [0.25, 0.3) is 0 Å². The Morgan fingerprint density at radius 1 is 0.933 bits per heavy atom. The van der Waals surface area contributed by atoms with Gasteiger partial charge in [0.25, 0.3) is 15.9 Å². The number of hydrogen-bond donors (Lipinski definition) is 2. The molecule has 0 aromatic heterocycles. The molecule has 6 nitrogen and oxygen atoms in total. The largest absolute Gasteiger partial charge is 0.491 e. The molecular weight excluding hydrogens is 400 g/mol. The molecule has 0 aliphatic rings. The van der Waals surface area contributed by atoms with Crippen molar-refractivity contribution in [1.29, 1.82) is 0 Å². The van der Waals surface area contributed by atoms with Crippen molar-refractivity contribution in [2.45, 2.75) is 31.4 Å². The van der Waals surface area contributed by atoms with E-state index in [2.05, 4.69) is 10.0 Å². The van der Waals surface area contributed by atoms with Gasteiger partial charge in [0.15, 0.2) is 0 Å². The molecule has 0 aliphatic heterocycles. The SMILES string of the molecule is CC(C)Oc1cccc(CNC(=O)c2ccccc2NS(=O)(=O)c2ccccc2)c1. The second-order valence-electron chi connectivity index (χ2n) is 6.96. The number of hydrogen-bond acceptors (Lipinski definition) is 4. The molecule has 2 N–H and O–H groups in total. The first-order valence-corrected chi connectivity index (χ1v) is 11.0. The Morgan fingerprint density at radius 3 is 2.37 bits per heavy atom. The van der Waals surface area contributed by atoms with Gasteiger partial charge in [0.2, 0.25) is 0 Å². The molecule has 1 amide bonds. The summed E-state index contributed by atoms with van der Waals surface area (Å²) in [6.45, 7) is 4.18. The van der Waals surface area contributed by atoms with Crippen LogP contribution < -0.4 is 14.8 Å². The van der Waals surface area contributed by atoms with Crippen LogP contribution >= 0.6 is 0 Å². The molecule has 156 valence electrons. The molecule has 7 heteroatoms. The van der Waals surface area contributed by atoms with Gasteiger partial charge in [-0.05, 0) is 55.8 Å². The molecule has 0 atom stereocenters. The van der Waals surface area contributed by atoms with Gasteiger partial charge in [-0.1, -0.05) is 42.5 Å². The Balaban J connectivity index is 1.73. The van der Waals surface area contributed by atoms with E-state index in [9.17, 15) is 13.2 Å². The molecule has 0 heterocycles. The van der Waals surface area contributed by atoms with Crippen LogP contribution in [0.4, 0.5) is 5.69 Å². The van der Waals surface area contributed by atoms with Crippen LogP contribution in [0.5, 0.6) is 5.75 Å². The number of benzene rings is 3. The predicted octanol–water partition coefficient (Wildman–Crippen LogP) is 4.20. The third-order valence-corrected chi connectivity index (χ3v) is 5.57. The van der Waals surface area contributed by atoms with E-state index in [4.69, 9.17) is 4.74 Å². The number of anilines is 1. The van der Waals surface area contributed by atoms with Crippen molar-refractivity contribution in [2.24, 2.45) is 0 Å². The molecule has 0 fully saturated rings. The van der Waals surface area contributed by atoms with E-state index in [1.807, 2.05) is 38.1 Å². The second-order valence-corrected chi connectivity index (χ2v) is 8.64. The minimum absolute atomic E-state index is 0.0550. The zero-order valence-electron chi connectivity index (χ0n) is 16.8. The fourth-order valence-electron chi connectivity index (χ4n) is 2.85. The number of carbonyl (C=O) groups excluding carboxylic acids is 1. The molecule has 0 radical (unpaired) electrons. The molecule has 30 heavy (non-hydrogen) atoms. The van der Waals surface area contributed by atoms with Gasteiger partial charge in [-0.15, -0.1) is 0 Å². The van der Waals surface area contributed by atoms with Crippen molar-refractivity contribution in [3.05, 3.63) is 90.0 Å². The Hall–Kier alpha value is -3.32. The number of ether oxygens (including phenoxy) is 1. The first kappa shape index (κ1) is 21.4. The van der Waals surface area contributed by atoms with Gasteiger partial charge in [0.05, 0.1) is 22.3 Å². The summed E-state index contributed by atoms with van der Waals surface area (Å²) in [5.74, 6) is 0.351. The van der Waals surface area contributed by atoms with Gasteiger partial charge in [0.1, 0.15) is 5.75 Å². The highest BCUT2D eigenvalue weighted by Gasteiger charge is 2.18. The Morgan fingerprint density at radius 2 is 1.63 bits per heavy atom. The van der Waals surface area contributed by atoms with Crippen molar-refractivity contribution >= 4 is 21.6 Å². The molecule has 0 spiro atoms. The monoisotopic (exact) mass is 424 g/mol. The lowest BCUT2D eigenvalue weighted by atomic mass is 10.1. The maximum absolute atomic E-state index is 12.7. The normalized spacial score (nSPS) is 11.2. The molecule has 0 bridgehead atoms. The van der Waals surface area contributed by atoms with Crippen LogP contribution in [0.2, 0.25) is 0 Å². The summed E-state index contributed by atoms with van der Waals surface area (Å²) in [5, 5.41) is 2.83. The summed E-state index contributed by atoms with van der Waals surface area (Å²) in [6, 6.07) is 22.0. The lowest BCUT2D eigenvalue weighted by Gasteiger charge is -2.14. The second kappa shape index (κ2) is 9.45. The topological polar surface area (TPSA) is 84.5 Å². The van der Waals surface area contributed by atoms with Crippen molar-refractivity contribution in [2.75, 3.05) is 4.72 Å². The zero-order chi connectivity index (χ0) is 21.6. The molecule has 3 aromatic rings. The molecule has 3 rings (SSSR count). The molecule has 3 aromatic carbocycles.